The molecule has 0 fully saturated rings. The number of furan rings is 1. The number of nitrogens with one attached hydrogen (secondary N) is 1. The van der Waals surface area contributed by atoms with E-state index in [1.807, 2.05) is 6.07 Å². The Morgan fingerprint density at radius 3 is 2.69 bits per heavy atom. The molecule has 3 nitrogen and oxygen atoms in total. The number of rotatable bonds is 8. The van der Waals surface area contributed by atoms with Crippen LogP contribution in [-0.2, 0) is 6.54 Å². The topological polar surface area (TPSA) is 28.4 Å². The van der Waals surface area contributed by atoms with Crippen LogP contribution >= 0.6 is 11.6 Å². The molecule has 1 N–H and O–H groups in total. The highest BCUT2D eigenvalue weighted by Crippen LogP contribution is 2.15. The van der Waals surface area contributed by atoms with Crippen molar-refractivity contribution in [1.82, 2.24) is 10.2 Å². The van der Waals surface area contributed by atoms with E-state index in [0.29, 0.717) is 5.22 Å². The van der Waals surface area contributed by atoms with Crippen LogP contribution in [0.2, 0.25) is 5.22 Å². The zero-order valence-corrected chi connectivity index (χ0v) is 10.9. The lowest BCUT2D eigenvalue weighted by atomic mass is 10.3. The first-order valence-corrected chi connectivity index (χ1v) is 6.30. The standard InChI is InChI=1S/C12H21ClN2O/c1-3-15(4-2)8-5-7-14-10-11-6-9-16-12(11)13/h6,9,14H,3-5,7-8,10H2,1-2H3. The first-order valence-electron chi connectivity index (χ1n) is 5.92. The predicted octanol–water partition coefficient (Wildman–Crippen LogP) is 2.75. The van der Waals surface area contributed by atoms with Gasteiger partial charge >= 0.3 is 0 Å². The summed E-state index contributed by atoms with van der Waals surface area (Å²) in [4.78, 5) is 2.42. The van der Waals surface area contributed by atoms with E-state index in [1.54, 1.807) is 6.26 Å². The van der Waals surface area contributed by atoms with Crippen molar-refractivity contribution in [3.63, 3.8) is 0 Å². The summed E-state index contributed by atoms with van der Waals surface area (Å²) < 4.78 is 5.01. The van der Waals surface area contributed by atoms with Crippen LogP contribution in [0.25, 0.3) is 0 Å². The van der Waals surface area contributed by atoms with Gasteiger partial charge in [0.05, 0.1) is 6.26 Å². The molecular formula is C12H21ClN2O. The van der Waals surface area contributed by atoms with E-state index in [9.17, 15) is 0 Å². The number of nitrogens with zero attached hydrogens (tertiary/aromatic N) is 1. The summed E-state index contributed by atoms with van der Waals surface area (Å²) in [5.74, 6) is 0. The van der Waals surface area contributed by atoms with Gasteiger partial charge in [-0.05, 0) is 50.3 Å². The predicted molar refractivity (Wildman–Crippen MR) is 67.8 cm³/mol. The molecule has 4 heteroatoms. The third-order valence-corrected chi connectivity index (χ3v) is 3.06. The molecule has 0 aromatic carbocycles. The van der Waals surface area contributed by atoms with Gasteiger partial charge in [0, 0.05) is 12.1 Å². The fourth-order valence-electron chi connectivity index (χ4n) is 1.64. The Balaban J connectivity index is 2.06. The van der Waals surface area contributed by atoms with Crippen molar-refractivity contribution in [2.75, 3.05) is 26.2 Å². The Morgan fingerprint density at radius 1 is 1.38 bits per heavy atom. The van der Waals surface area contributed by atoms with Crippen LogP contribution in [0, 0.1) is 0 Å². The highest BCUT2D eigenvalue weighted by atomic mass is 35.5. The van der Waals surface area contributed by atoms with Crippen molar-refractivity contribution in [3.8, 4) is 0 Å². The van der Waals surface area contributed by atoms with Gasteiger partial charge in [-0.25, -0.2) is 0 Å². The number of hydrogen-bond donors (Lipinski definition) is 1. The van der Waals surface area contributed by atoms with Crippen LogP contribution in [0.4, 0.5) is 0 Å². The quantitative estimate of drug-likeness (QED) is 0.713. The Kier molecular flexibility index (Phi) is 6.53. The van der Waals surface area contributed by atoms with Crippen LogP contribution in [0.15, 0.2) is 16.7 Å². The summed E-state index contributed by atoms with van der Waals surface area (Å²) in [7, 11) is 0. The zero-order valence-electron chi connectivity index (χ0n) is 10.1. The fourth-order valence-corrected chi connectivity index (χ4v) is 1.82. The van der Waals surface area contributed by atoms with Crippen LogP contribution in [0.1, 0.15) is 25.8 Å². The highest BCUT2D eigenvalue weighted by Gasteiger charge is 2.02. The van der Waals surface area contributed by atoms with Crippen molar-refractivity contribution in [3.05, 3.63) is 23.1 Å². The fraction of sp³-hybridized carbons (Fsp3) is 0.667. The van der Waals surface area contributed by atoms with Gasteiger partial charge in [0.1, 0.15) is 0 Å². The minimum absolute atomic E-state index is 0.497. The summed E-state index contributed by atoms with van der Waals surface area (Å²) in [5, 5.41) is 3.86. The summed E-state index contributed by atoms with van der Waals surface area (Å²) in [6, 6.07) is 1.90. The largest absolute Gasteiger partial charge is 0.453 e. The molecule has 92 valence electrons. The van der Waals surface area contributed by atoms with Gasteiger partial charge in [0.2, 0.25) is 0 Å². The van der Waals surface area contributed by atoms with Crippen molar-refractivity contribution < 1.29 is 4.42 Å². The van der Waals surface area contributed by atoms with E-state index in [-0.39, 0.29) is 0 Å². The molecule has 0 saturated heterocycles. The van der Waals surface area contributed by atoms with Gasteiger partial charge in [0.15, 0.2) is 5.22 Å². The molecule has 0 spiro atoms. The Bertz CT molecular complexity index is 284. The number of hydrogen-bond acceptors (Lipinski definition) is 3. The van der Waals surface area contributed by atoms with E-state index in [2.05, 4.69) is 24.1 Å². The second-order valence-corrected chi connectivity index (χ2v) is 4.12. The molecule has 0 saturated carbocycles. The van der Waals surface area contributed by atoms with Crippen molar-refractivity contribution in [2.24, 2.45) is 0 Å². The van der Waals surface area contributed by atoms with E-state index >= 15 is 0 Å². The van der Waals surface area contributed by atoms with Gasteiger partial charge in [0.25, 0.3) is 0 Å². The van der Waals surface area contributed by atoms with Crippen LogP contribution in [0.5, 0.6) is 0 Å². The average Bonchev–Trinajstić information content (AvgIpc) is 2.70. The van der Waals surface area contributed by atoms with Gasteiger partial charge < -0.3 is 14.6 Å². The highest BCUT2D eigenvalue weighted by molar-refractivity contribution is 6.29. The molecule has 1 aromatic heterocycles. The maximum Gasteiger partial charge on any atom is 0.197 e. The van der Waals surface area contributed by atoms with E-state index in [1.165, 1.54) is 0 Å². The normalized spacial score (nSPS) is 11.2. The minimum Gasteiger partial charge on any atom is -0.453 e. The molecular weight excluding hydrogens is 224 g/mol. The molecule has 16 heavy (non-hydrogen) atoms. The SMILES string of the molecule is CCN(CC)CCCNCc1ccoc1Cl. The molecule has 0 atom stereocenters. The maximum absolute atomic E-state index is 5.83. The molecule has 0 aliphatic carbocycles. The molecule has 1 heterocycles. The number of halogens is 1. The van der Waals surface area contributed by atoms with Crippen molar-refractivity contribution in [2.45, 2.75) is 26.8 Å². The lowest BCUT2D eigenvalue weighted by molar-refractivity contribution is 0.298. The molecule has 0 bridgehead atoms. The van der Waals surface area contributed by atoms with E-state index < -0.39 is 0 Å². The summed E-state index contributed by atoms with van der Waals surface area (Å²) in [6.07, 6.45) is 2.78. The zero-order chi connectivity index (χ0) is 11.8. The summed E-state index contributed by atoms with van der Waals surface area (Å²) >= 11 is 5.83. The lowest BCUT2D eigenvalue weighted by Crippen LogP contribution is -2.27. The first-order chi connectivity index (χ1) is 7.77. The minimum atomic E-state index is 0.497. The third-order valence-electron chi connectivity index (χ3n) is 2.73. The Hall–Kier alpha value is -0.510. The molecule has 1 rings (SSSR count). The van der Waals surface area contributed by atoms with Crippen LogP contribution < -0.4 is 5.32 Å². The van der Waals surface area contributed by atoms with Crippen molar-refractivity contribution in [1.29, 1.82) is 0 Å². The lowest BCUT2D eigenvalue weighted by Gasteiger charge is -2.17. The first kappa shape index (κ1) is 13.6. The van der Waals surface area contributed by atoms with Gasteiger partial charge in [-0.3, -0.25) is 0 Å². The molecule has 0 amide bonds. The third kappa shape index (κ3) is 4.56. The second kappa shape index (κ2) is 7.71. The molecule has 0 unspecified atom stereocenters. The molecule has 1 aromatic rings. The van der Waals surface area contributed by atoms with Crippen LogP contribution in [-0.4, -0.2) is 31.1 Å². The smallest absolute Gasteiger partial charge is 0.197 e. The van der Waals surface area contributed by atoms with E-state index in [0.717, 1.165) is 44.7 Å². The Morgan fingerprint density at radius 2 is 2.12 bits per heavy atom. The monoisotopic (exact) mass is 244 g/mol. The van der Waals surface area contributed by atoms with Crippen LogP contribution in [0.3, 0.4) is 0 Å². The molecule has 0 radical (unpaired) electrons. The van der Waals surface area contributed by atoms with Gasteiger partial charge in [-0.15, -0.1) is 0 Å². The Labute approximate surface area is 103 Å². The molecule has 0 aliphatic heterocycles. The van der Waals surface area contributed by atoms with E-state index in [4.69, 9.17) is 16.0 Å². The van der Waals surface area contributed by atoms with Gasteiger partial charge in [-0.1, -0.05) is 13.8 Å². The summed E-state index contributed by atoms with van der Waals surface area (Å²) in [6.45, 7) is 9.60. The van der Waals surface area contributed by atoms with Crippen molar-refractivity contribution >= 4 is 11.6 Å². The average molecular weight is 245 g/mol. The summed E-state index contributed by atoms with van der Waals surface area (Å²) in [5.41, 5.74) is 1.03. The molecule has 0 aliphatic rings. The van der Waals surface area contributed by atoms with Gasteiger partial charge in [-0.2, -0.15) is 0 Å². The maximum atomic E-state index is 5.83. The second-order valence-electron chi connectivity index (χ2n) is 3.78.